The molecule has 3 aromatic rings. The van der Waals surface area contributed by atoms with Crippen molar-refractivity contribution in [3.63, 3.8) is 0 Å². The van der Waals surface area contributed by atoms with E-state index in [1.807, 2.05) is 24.3 Å². The molecule has 0 saturated carbocycles. The summed E-state index contributed by atoms with van der Waals surface area (Å²) in [5, 5.41) is 24.1. The van der Waals surface area contributed by atoms with E-state index in [0.717, 1.165) is 10.9 Å². The van der Waals surface area contributed by atoms with Crippen molar-refractivity contribution in [1.29, 1.82) is 0 Å². The number of fused-ring (bicyclic) bond motifs is 1. The van der Waals surface area contributed by atoms with Crippen molar-refractivity contribution in [2.75, 3.05) is 0 Å². The lowest BCUT2D eigenvalue weighted by atomic mass is 10.0. The molecule has 0 saturated heterocycles. The van der Waals surface area contributed by atoms with Crippen LogP contribution in [0.15, 0.2) is 60.8 Å². The maximum Gasteiger partial charge on any atom is 0.255 e. The smallest absolute Gasteiger partial charge is 0.255 e. The van der Waals surface area contributed by atoms with E-state index in [2.05, 4.69) is 10.3 Å². The number of hydrogen-bond donors (Lipinski definition) is 3. The van der Waals surface area contributed by atoms with E-state index in [1.165, 1.54) is 0 Å². The highest BCUT2D eigenvalue weighted by atomic mass is 16.3. The first-order chi connectivity index (χ1) is 11.6. The van der Waals surface area contributed by atoms with Crippen LogP contribution in [0.2, 0.25) is 0 Å². The van der Waals surface area contributed by atoms with Crippen LogP contribution in [0.4, 0.5) is 0 Å². The van der Waals surface area contributed by atoms with Gasteiger partial charge >= 0.3 is 0 Å². The third kappa shape index (κ3) is 3.07. The molecule has 2 unspecified atom stereocenters. The van der Waals surface area contributed by atoms with Crippen LogP contribution in [0.1, 0.15) is 28.9 Å². The fraction of sp³-hybridized carbons (Fsp3) is 0.158. The van der Waals surface area contributed by atoms with Gasteiger partial charge in [0.15, 0.2) is 5.75 Å². The molecule has 3 rings (SSSR count). The molecule has 0 fully saturated rings. The molecular formula is C19H18N2O3. The van der Waals surface area contributed by atoms with Crippen molar-refractivity contribution in [3.8, 4) is 5.75 Å². The number of phenols is 1. The van der Waals surface area contributed by atoms with Gasteiger partial charge in [-0.2, -0.15) is 0 Å². The van der Waals surface area contributed by atoms with Crippen LogP contribution in [0.5, 0.6) is 5.75 Å². The standard InChI is InChI=1S/C19H18N2O3/c1-12(17(22)14-6-3-2-4-7-14)21-19(24)15-10-9-13-8-5-11-20-16(13)18(15)23/h2-12,17,22-23H,1H3,(H,21,24). The second-order valence-corrected chi connectivity index (χ2v) is 5.65. The van der Waals surface area contributed by atoms with Gasteiger partial charge in [-0.15, -0.1) is 0 Å². The molecule has 0 aliphatic heterocycles. The van der Waals surface area contributed by atoms with Crippen molar-refractivity contribution in [3.05, 3.63) is 71.9 Å². The lowest BCUT2D eigenvalue weighted by molar-refractivity contribution is 0.0849. The van der Waals surface area contributed by atoms with E-state index in [9.17, 15) is 15.0 Å². The summed E-state index contributed by atoms with van der Waals surface area (Å²) in [4.78, 5) is 16.6. The fourth-order valence-corrected chi connectivity index (χ4v) is 2.62. The van der Waals surface area contributed by atoms with Crippen molar-refractivity contribution in [2.45, 2.75) is 19.1 Å². The summed E-state index contributed by atoms with van der Waals surface area (Å²) >= 11 is 0. The Labute approximate surface area is 139 Å². The van der Waals surface area contributed by atoms with E-state index in [1.54, 1.807) is 43.5 Å². The van der Waals surface area contributed by atoms with Gasteiger partial charge < -0.3 is 15.5 Å². The summed E-state index contributed by atoms with van der Waals surface area (Å²) in [6.45, 7) is 1.71. The predicted octanol–water partition coefficient (Wildman–Crippen LogP) is 2.79. The number of aromatic nitrogens is 1. The van der Waals surface area contributed by atoms with Gasteiger partial charge in [-0.05, 0) is 24.6 Å². The van der Waals surface area contributed by atoms with Crippen LogP contribution in [-0.4, -0.2) is 27.1 Å². The normalized spacial score (nSPS) is 13.4. The molecule has 5 nitrogen and oxygen atoms in total. The Morgan fingerprint density at radius 3 is 2.58 bits per heavy atom. The minimum absolute atomic E-state index is 0.133. The Balaban J connectivity index is 1.81. The number of aliphatic hydroxyl groups excluding tert-OH is 1. The number of carbonyl (C=O) groups excluding carboxylic acids is 1. The van der Waals surface area contributed by atoms with Crippen LogP contribution in [-0.2, 0) is 0 Å². The average molecular weight is 322 g/mol. The topological polar surface area (TPSA) is 82.5 Å². The lowest BCUT2D eigenvalue weighted by Crippen LogP contribution is -2.37. The lowest BCUT2D eigenvalue weighted by Gasteiger charge is -2.21. The third-order valence-electron chi connectivity index (χ3n) is 3.97. The van der Waals surface area contributed by atoms with Crippen LogP contribution in [0, 0.1) is 0 Å². The Bertz CT molecular complexity index is 865. The molecule has 3 N–H and O–H groups in total. The fourth-order valence-electron chi connectivity index (χ4n) is 2.62. The number of aliphatic hydroxyl groups is 1. The molecule has 2 aromatic carbocycles. The van der Waals surface area contributed by atoms with Gasteiger partial charge in [-0.25, -0.2) is 0 Å². The molecule has 122 valence electrons. The highest BCUT2D eigenvalue weighted by molar-refractivity contribution is 6.02. The zero-order chi connectivity index (χ0) is 17.1. The number of hydrogen-bond acceptors (Lipinski definition) is 4. The van der Waals surface area contributed by atoms with Crippen molar-refractivity contribution in [1.82, 2.24) is 10.3 Å². The minimum Gasteiger partial charge on any atom is -0.505 e. The van der Waals surface area contributed by atoms with Gasteiger partial charge in [0.05, 0.1) is 17.7 Å². The van der Waals surface area contributed by atoms with Crippen LogP contribution < -0.4 is 5.32 Å². The van der Waals surface area contributed by atoms with Crippen molar-refractivity contribution in [2.24, 2.45) is 0 Å². The Morgan fingerprint density at radius 2 is 1.83 bits per heavy atom. The monoisotopic (exact) mass is 322 g/mol. The van der Waals surface area contributed by atoms with Gasteiger partial charge in [0.2, 0.25) is 0 Å². The van der Waals surface area contributed by atoms with E-state index in [4.69, 9.17) is 0 Å². The molecule has 0 radical (unpaired) electrons. The summed E-state index contributed by atoms with van der Waals surface area (Å²) in [7, 11) is 0. The van der Waals surface area contributed by atoms with Gasteiger partial charge in [0, 0.05) is 11.6 Å². The van der Waals surface area contributed by atoms with E-state index in [0.29, 0.717) is 5.52 Å². The van der Waals surface area contributed by atoms with Crippen LogP contribution in [0.3, 0.4) is 0 Å². The van der Waals surface area contributed by atoms with E-state index in [-0.39, 0.29) is 11.3 Å². The first-order valence-corrected chi connectivity index (χ1v) is 7.68. The zero-order valence-corrected chi connectivity index (χ0v) is 13.2. The van der Waals surface area contributed by atoms with Gasteiger partial charge in [-0.1, -0.05) is 42.5 Å². The molecule has 5 heteroatoms. The maximum atomic E-state index is 12.4. The Kier molecular flexibility index (Phi) is 4.44. The quantitative estimate of drug-likeness (QED) is 0.690. The number of nitrogens with one attached hydrogen (secondary N) is 1. The molecule has 0 bridgehead atoms. The predicted molar refractivity (Wildman–Crippen MR) is 91.7 cm³/mol. The summed E-state index contributed by atoms with van der Waals surface area (Å²) in [6, 6.07) is 15.5. The molecule has 0 spiro atoms. The third-order valence-corrected chi connectivity index (χ3v) is 3.97. The zero-order valence-electron chi connectivity index (χ0n) is 13.2. The highest BCUT2D eigenvalue weighted by Gasteiger charge is 2.21. The molecule has 0 aliphatic carbocycles. The molecule has 2 atom stereocenters. The number of nitrogens with zero attached hydrogens (tertiary/aromatic N) is 1. The van der Waals surface area contributed by atoms with E-state index >= 15 is 0 Å². The summed E-state index contributed by atoms with van der Waals surface area (Å²) in [5.74, 6) is -0.616. The van der Waals surface area contributed by atoms with Gasteiger partial charge in [0.1, 0.15) is 5.52 Å². The summed E-state index contributed by atoms with van der Waals surface area (Å²) < 4.78 is 0. The molecule has 24 heavy (non-hydrogen) atoms. The van der Waals surface area contributed by atoms with Crippen LogP contribution in [0.25, 0.3) is 10.9 Å². The molecule has 1 heterocycles. The van der Waals surface area contributed by atoms with Crippen LogP contribution >= 0.6 is 0 Å². The molecule has 1 aromatic heterocycles. The summed E-state index contributed by atoms with van der Waals surface area (Å²) in [5.41, 5.74) is 1.23. The Morgan fingerprint density at radius 1 is 1.08 bits per heavy atom. The number of phenolic OH excluding ortho intramolecular Hbond substituents is 1. The van der Waals surface area contributed by atoms with Crippen molar-refractivity contribution < 1.29 is 15.0 Å². The first kappa shape index (κ1) is 16.0. The number of carbonyl (C=O) groups is 1. The second kappa shape index (κ2) is 6.68. The molecule has 1 amide bonds. The summed E-state index contributed by atoms with van der Waals surface area (Å²) in [6.07, 6.45) is 0.724. The second-order valence-electron chi connectivity index (χ2n) is 5.65. The van der Waals surface area contributed by atoms with Gasteiger partial charge in [-0.3, -0.25) is 9.78 Å². The minimum atomic E-state index is -0.837. The molecular weight excluding hydrogens is 304 g/mol. The number of rotatable bonds is 4. The number of aromatic hydroxyl groups is 1. The highest BCUT2D eigenvalue weighted by Crippen LogP contribution is 2.27. The largest absolute Gasteiger partial charge is 0.505 e. The van der Waals surface area contributed by atoms with Gasteiger partial charge in [0.25, 0.3) is 5.91 Å². The SMILES string of the molecule is CC(NC(=O)c1ccc2cccnc2c1O)C(O)c1ccccc1. The Hall–Kier alpha value is -2.92. The number of benzene rings is 2. The average Bonchev–Trinajstić information content (AvgIpc) is 2.62. The maximum absolute atomic E-state index is 12.4. The first-order valence-electron chi connectivity index (χ1n) is 7.68. The number of amides is 1. The van der Waals surface area contributed by atoms with E-state index < -0.39 is 18.1 Å². The number of pyridine rings is 1. The van der Waals surface area contributed by atoms with Crippen molar-refractivity contribution >= 4 is 16.8 Å². The molecule has 0 aliphatic rings.